The predicted molar refractivity (Wildman–Crippen MR) is 82.2 cm³/mol. The quantitative estimate of drug-likeness (QED) is 0.644. The number of aryl methyl sites for hydroxylation is 1. The van der Waals surface area contributed by atoms with Crippen LogP contribution in [0, 0.1) is 0 Å². The van der Waals surface area contributed by atoms with Crippen LogP contribution in [-0.4, -0.2) is 29.2 Å². The molecule has 0 bridgehead atoms. The summed E-state index contributed by atoms with van der Waals surface area (Å²) in [6.07, 6.45) is 2.23. The third-order valence-electron chi connectivity index (χ3n) is 3.19. The van der Waals surface area contributed by atoms with Crippen LogP contribution in [0.4, 0.5) is 4.79 Å². The van der Waals surface area contributed by atoms with Crippen molar-refractivity contribution >= 4 is 12.0 Å². The molecule has 0 fully saturated rings. The summed E-state index contributed by atoms with van der Waals surface area (Å²) in [4.78, 5) is 22.3. The van der Waals surface area contributed by atoms with Crippen LogP contribution in [0.5, 0.6) is 0 Å². The van der Waals surface area contributed by atoms with Gasteiger partial charge in [0.1, 0.15) is 0 Å². The summed E-state index contributed by atoms with van der Waals surface area (Å²) in [5.41, 5.74) is 0.725. The van der Waals surface area contributed by atoms with Gasteiger partial charge in [0.2, 0.25) is 0 Å². The standard InChI is InChI=1S/C16H24N2O3/c1-16(2,11-10-14(19)20)18-15(21)17-12-6-9-13-7-4-3-5-8-13/h3-5,7-8H,6,9-12H2,1-2H3,(H,19,20)(H2,17,18,21). The number of amides is 2. The first-order chi connectivity index (χ1) is 9.89. The smallest absolute Gasteiger partial charge is 0.315 e. The predicted octanol–water partition coefficient (Wildman–Crippen LogP) is 2.56. The van der Waals surface area contributed by atoms with Crippen LogP contribution in [0.3, 0.4) is 0 Å². The summed E-state index contributed by atoms with van der Waals surface area (Å²) in [7, 11) is 0. The Bertz CT molecular complexity index is 458. The van der Waals surface area contributed by atoms with E-state index in [-0.39, 0.29) is 12.5 Å². The van der Waals surface area contributed by atoms with Gasteiger partial charge in [0.05, 0.1) is 0 Å². The molecule has 5 nitrogen and oxygen atoms in total. The molecule has 116 valence electrons. The molecule has 1 aromatic rings. The van der Waals surface area contributed by atoms with Crippen LogP contribution in [-0.2, 0) is 11.2 Å². The zero-order chi connectivity index (χ0) is 15.7. The molecule has 2 amide bonds. The number of aliphatic carboxylic acids is 1. The van der Waals surface area contributed by atoms with Gasteiger partial charge < -0.3 is 15.7 Å². The van der Waals surface area contributed by atoms with Crippen molar-refractivity contribution < 1.29 is 14.7 Å². The summed E-state index contributed by atoms with van der Waals surface area (Å²) in [6, 6.07) is 9.86. The second-order valence-corrected chi connectivity index (χ2v) is 5.75. The summed E-state index contributed by atoms with van der Waals surface area (Å²) in [5.74, 6) is -0.854. The van der Waals surface area contributed by atoms with Gasteiger partial charge in [-0.15, -0.1) is 0 Å². The highest BCUT2D eigenvalue weighted by molar-refractivity contribution is 5.74. The van der Waals surface area contributed by atoms with Gasteiger partial charge in [0.15, 0.2) is 0 Å². The summed E-state index contributed by atoms with van der Waals surface area (Å²) in [6.45, 7) is 4.23. The monoisotopic (exact) mass is 292 g/mol. The second-order valence-electron chi connectivity index (χ2n) is 5.75. The van der Waals surface area contributed by atoms with E-state index in [1.807, 2.05) is 32.0 Å². The molecule has 0 saturated carbocycles. The van der Waals surface area contributed by atoms with Crippen LogP contribution >= 0.6 is 0 Å². The van der Waals surface area contributed by atoms with Crippen LogP contribution in [0.2, 0.25) is 0 Å². The molecule has 0 saturated heterocycles. The maximum Gasteiger partial charge on any atom is 0.315 e. The third kappa shape index (κ3) is 7.97. The lowest BCUT2D eigenvalue weighted by Gasteiger charge is -2.25. The van der Waals surface area contributed by atoms with Gasteiger partial charge in [0.25, 0.3) is 0 Å². The topological polar surface area (TPSA) is 78.4 Å². The Hall–Kier alpha value is -2.04. The summed E-state index contributed by atoms with van der Waals surface area (Å²) >= 11 is 0. The minimum absolute atomic E-state index is 0.0429. The van der Waals surface area contributed by atoms with Gasteiger partial charge in [-0.3, -0.25) is 4.79 Å². The van der Waals surface area contributed by atoms with Crippen LogP contribution in [0.15, 0.2) is 30.3 Å². The number of urea groups is 1. The molecule has 0 unspecified atom stereocenters. The average molecular weight is 292 g/mol. The Kier molecular flexibility index (Phi) is 6.72. The van der Waals surface area contributed by atoms with Crippen molar-refractivity contribution in [3.8, 4) is 0 Å². The molecule has 0 aliphatic heterocycles. The molecule has 5 heteroatoms. The number of hydrogen-bond acceptors (Lipinski definition) is 2. The molecule has 0 heterocycles. The van der Waals surface area contributed by atoms with E-state index in [4.69, 9.17) is 5.11 Å². The number of nitrogens with one attached hydrogen (secondary N) is 2. The number of hydrogen-bond donors (Lipinski definition) is 3. The number of carboxylic acid groups (broad SMARTS) is 1. The van der Waals surface area contributed by atoms with Gasteiger partial charge in [-0.1, -0.05) is 30.3 Å². The largest absolute Gasteiger partial charge is 0.481 e. The Labute approximate surface area is 125 Å². The van der Waals surface area contributed by atoms with E-state index in [1.165, 1.54) is 5.56 Å². The second kappa shape index (κ2) is 8.29. The first-order valence-electron chi connectivity index (χ1n) is 7.21. The molecule has 0 aliphatic carbocycles. The number of carbonyl (C=O) groups excluding carboxylic acids is 1. The van der Waals surface area contributed by atoms with E-state index in [0.29, 0.717) is 13.0 Å². The first kappa shape index (κ1) is 17.0. The molecule has 1 aromatic carbocycles. The molecule has 0 aromatic heterocycles. The van der Waals surface area contributed by atoms with Crippen molar-refractivity contribution in [2.45, 2.75) is 45.1 Å². The van der Waals surface area contributed by atoms with E-state index < -0.39 is 11.5 Å². The maximum atomic E-state index is 11.7. The zero-order valence-electron chi connectivity index (χ0n) is 12.7. The summed E-state index contributed by atoms with van der Waals surface area (Å²) < 4.78 is 0. The highest BCUT2D eigenvalue weighted by atomic mass is 16.4. The van der Waals surface area contributed by atoms with Gasteiger partial charge in [-0.25, -0.2) is 4.79 Å². The van der Waals surface area contributed by atoms with Gasteiger partial charge in [0, 0.05) is 18.5 Å². The Balaban J connectivity index is 2.20. The zero-order valence-corrected chi connectivity index (χ0v) is 12.7. The highest BCUT2D eigenvalue weighted by Gasteiger charge is 2.21. The Morgan fingerprint density at radius 2 is 1.86 bits per heavy atom. The number of rotatable bonds is 8. The minimum atomic E-state index is -0.854. The number of benzene rings is 1. The van der Waals surface area contributed by atoms with E-state index in [1.54, 1.807) is 0 Å². The third-order valence-corrected chi connectivity index (χ3v) is 3.19. The van der Waals surface area contributed by atoms with Crippen LogP contribution in [0.1, 0.15) is 38.7 Å². The van der Waals surface area contributed by atoms with E-state index in [2.05, 4.69) is 22.8 Å². The average Bonchev–Trinajstić information content (AvgIpc) is 2.42. The van der Waals surface area contributed by atoms with E-state index >= 15 is 0 Å². The van der Waals surface area contributed by atoms with Crippen molar-refractivity contribution in [3.05, 3.63) is 35.9 Å². The Morgan fingerprint density at radius 1 is 1.19 bits per heavy atom. The van der Waals surface area contributed by atoms with E-state index in [0.717, 1.165) is 12.8 Å². The van der Waals surface area contributed by atoms with Crippen LogP contribution < -0.4 is 10.6 Å². The Morgan fingerprint density at radius 3 is 2.48 bits per heavy atom. The molecular formula is C16H24N2O3. The first-order valence-corrected chi connectivity index (χ1v) is 7.21. The molecule has 21 heavy (non-hydrogen) atoms. The normalized spacial score (nSPS) is 11.0. The molecule has 0 aliphatic rings. The van der Waals surface area contributed by atoms with Crippen molar-refractivity contribution in [1.82, 2.24) is 10.6 Å². The minimum Gasteiger partial charge on any atom is -0.481 e. The molecule has 1 rings (SSSR count). The number of carbonyl (C=O) groups is 2. The fraction of sp³-hybridized carbons (Fsp3) is 0.500. The van der Waals surface area contributed by atoms with Crippen molar-refractivity contribution in [2.75, 3.05) is 6.54 Å². The maximum absolute atomic E-state index is 11.7. The van der Waals surface area contributed by atoms with Crippen molar-refractivity contribution in [1.29, 1.82) is 0 Å². The van der Waals surface area contributed by atoms with Gasteiger partial charge in [-0.05, 0) is 38.7 Å². The van der Waals surface area contributed by atoms with Crippen LogP contribution in [0.25, 0.3) is 0 Å². The summed E-state index contributed by atoms with van der Waals surface area (Å²) in [5, 5.41) is 14.3. The van der Waals surface area contributed by atoms with Gasteiger partial charge in [-0.2, -0.15) is 0 Å². The van der Waals surface area contributed by atoms with Crippen molar-refractivity contribution in [2.24, 2.45) is 0 Å². The lowest BCUT2D eigenvalue weighted by atomic mass is 9.99. The fourth-order valence-electron chi connectivity index (χ4n) is 1.97. The molecular weight excluding hydrogens is 268 g/mol. The SMILES string of the molecule is CC(C)(CCC(=O)O)NC(=O)NCCCc1ccccc1. The van der Waals surface area contributed by atoms with E-state index in [9.17, 15) is 9.59 Å². The molecule has 0 spiro atoms. The fourth-order valence-corrected chi connectivity index (χ4v) is 1.97. The molecule has 3 N–H and O–H groups in total. The lowest BCUT2D eigenvalue weighted by Crippen LogP contribution is -2.48. The highest BCUT2D eigenvalue weighted by Crippen LogP contribution is 2.10. The molecule has 0 atom stereocenters. The lowest BCUT2D eigenvalue weighted by molar-refractivity contribution is -0.137. The van der Waals surface area contributed by atoms with Crippen molar-refractivity contribution in [3.63, 3.8) is 0 Å². The number of carboxylic acids is 1. The molecule has 0 radical (unpaired) electrons. The van der Waals surface area contributed by atoms with Gasteiger partial charge >= 0.3 is 12.0 Å².